The Hall–Kier alpha value is -1.81. The second kappa shape index (κ2) is 7.64. The summed E-state index contributed by atoms with van der Waals surface area (Å²) < 4.78 is 6.96. The molecule has 2 rings (SSSR count). The van der Waals surface area contributed by atoms with Gasteiger partial charge >= 0.3 is 0 Å². The lowest BCUT2D eigenvalue weighted by Crippen LogP contribution is -2.10. The third-order valence-electron chi connectivity index (χ3n) is 3.52. The first-order valence-corrected chi connectivity index (χ1v) is 8.41. The lowest BCUT2D eigenvalue weighted by molar-refractivity contribution is 0.305. The molecule has 0 saturated heterocycles. The Morgan fingerprint density at radius 3 is 2.43 bits per heavy atom. The molecule has 4 heteroatoms. The summed E-state index contributed by atoms with van der Waals surface area (Å²) in [5.74, 6) is 0.812. The van der Waals surface area contributed by atoms with Crippen LogP contribution in [-0.4, -0.2) is 13.3 Å². The summed E-state index contributed by atoms with van der Waals surface area (Å²) in [6.45, 7) is 7.18. The Bertz CT molecular complexity index is 673. The van der Waals surface area contributed by atoms with Crippen LogP contribution in [-0.2, 0) is 12.0 Å². The first kappa shape index (κ1) is 17.5. The highest BCUT2D eigenvalue weighted by molar-refractivity contribution is 9.10. The number of nitrogens with one attached hydrogen (secondary N) is 1. The topological polar surface area (TPSA) is 33.6 Å². The van der Waals surface area contributed by atoms with Crippen LogP contribution < -0.4 is 10.2 Å². The summed E-state index contributed by atoms with van der Waals surface area (Å²) in [7, 11) is 1.77. The highest BCUT2D eigenvalue weighted by atomic mass is 79.9. The predicted octanol–water partition coefficient (Wildman–Crippen LogP) is 4.88. The fourth-order valence-corrected chi connectivity index (χ4v) is 2.53. The van der Waals surface area contributed by atoms with Gasteiger partial charge in [-0.25, -0.2) is 0 Å². The van der Waals surface area contributed by atoms with E-state index in [0.717, 1.165) is 21.3 Å². The zero-order valence-electron chi connectivity index (χ0n) is 14.1. The zero-order valence-corrected chi connectivity index (χ0v) is 15.6. The second-order valence-electron chi connectivity index (χ2n) is 6.40. The first-order valence-electron chi connectivity index (χ1n) is 7.62. The summed E-state index contributed by atoms with van der Waals surface area (Å²) in [6, 6.07) is 14.5. The maximum absolute atomic E-state index is 5.96. The standard InChI is InChI=1S/C19H23BrN2O/c1-19(2,3)16-7-5-14(6-8-16)13-23-18-10-9-17(20)11-15(18)12-22-21-4/h5-12,21H,13H2,1-4H3/b22-12+. The van der Waals surface area contributed by atoms with Crippen LogP contribution in [0, 0.1) is 0 Å². The number of hydrogen-bond acceptors (Lipinski definition) is 3. The van der Waals surface area contributed by atoms with Gasteiger partial charge in [0.2, 0.25) is 0 Å². The summed E-state index contributed by atoms with van der Waals surface area (Å²) in [5.41, 5.74) is 6.33. The van der Waals surface area contributed by atoms with Gasteiger partial charge in [0.1, 0.15) is 12.4 Å². The van der Waals surface area contributed by atoms with Gasteiger partial charge in [0.15, 0.2) is 0 Å². The molecular weight excluding hydrogens is 352 g/mol. The smallest absolute Gasteiger partial charge is 0.128 e. The number of hydrazone groups is 1. The van der Waals surface area contributed by atoms with Crippen molar-refractivity contribution in [2.24, 2.45) is 5.10 Å². The minimum absolute atomic E-state index is 0.169. The van der Waals surface area contributed by atoms with Crippen LogP contribution in [0.15, 0.2) is 52.0 Å². The third kappa shape index (κ3) is 5.10. The van der Waals surface area contributed by atoms with Crippen molar-refractivity contribution in [3.05, 3.63) is 63.6 Å². The number of ether oxygens (including phenoxy) is 1. The molecule has 1 N–H and O–H groups in total. The van der Waals surface area contributed by atoms with Crippen molar-refractivity contribution in [2.45, 2.75) is 32.8 Å². The molecular formula is C19H23BrN2O. The number of halogens is 1. The van der Waals surface area contributed by atoms with Gasteiger partial charge in [0.05, 0.1) is 6.21 Å². The maximum Gasteiger partial charge on any atom is 0.128 e. The number of rotatable bonds is 5. The van der Waals surface area contributed by atoms with E-state index in [1.165, 1.54) is 5.56 Å². The van der Waals surface area contributed by atoms with Gasteiger partial charge in [-0.1, -0.05) is 61.0 Å². The molecule has 0 heterocycles. The predicted molar refractivity (Wildman–Crippen MR) is 100 cm³/mol. The molecule has 0 fully saturated rings. The van der Waals surface area contributed by atoms with Gasteiger partial charge in [0.25, 0.3) is 0 Å². The van der Waals surface area contributed by atoms with Crippen molar-refractivity contribution in [1.82, 2.24) is 5.43 Å². The molecule has 0 amide bonds. The molecule has 3 nitrogen and oxygen atoms in total. The molecule has 0 aliphatic carbocycles. The molecule has 0 unspecified atom stereocenters. The molecule has 2 aromatic carbocycles. The van der Waals surface area contributed by atoms with Gasteiger partial charge in [-0.05, 0) is 34.7 Å². The SMILES string of the molecule is CN/N=C/c1cc(Br)ccc1OCc1ccc(C(C)(C)C)cc1. The Balaban J connectivity index is 2.10. The van der Waals surface area contributed by atoms with Gasteiger partial charge in [-0.15, -0.1) is 0 Å². The van der Waals surface area contributed by atoms with E-state index in [1.807, 2.05) is 18.2 Å². The molecule has 0 atom stereocenters. The lowest BCUT2D eigenvalue weighted by atomic mass is 9.87. The van der Waals surface area contributed by atoms with E-state index in [2.05, 4.69) is 71.5 Å². The van der Waals surface area contributed by atoms with Crippen molar-refractivity contribution >= 4 is 22.1 Å². The summed E-state index contributed by atoms with van der Waals surface area (Å²) in [4.78, 5) is 0. The Morgan fingerprint density at radius 2 is 1.83 bits per heavy atom. The van der Waals surface area contributed by atoms with Crippen LogP contribution in [0.3, 0.4) is 0 Å². The van der Waals surface area contributed by atoms with E-state index in [0.29, 0.717) is 6.61 Å². The van der Waals surface area contributed by atoms with Crippen LogP contribution in [0.25, 0.3) is 0 Å². The Kier molecular flexibility index (Phi) is 5.83. The summed E-state index contributed by atoms with van der Waals surface area (Å²) in [5, 5.41) is 4.06. The quantitative estimate of drug-likeness (QED) is 0.597. The first-order chi connectivity index (χ1) is 10.9. The highest BCUT2D eigenvalue weighted by Gasteiger charge is 2.13. The number of hydrogen-bond donors (Lipinski definition) is 1. The van der Waals surface area contributed by atoms with Crippen LogP contribution in [0.5, 0.6) is 5.75 Å². The highest BCUT2D eigenvalue weighted by Crippen LogP contribution is 2.24. The van der Waals surface area contributed by atoms with E-state index in [-0.39, 0.29) is 5.41 Å². The number of benzene rings is 2. The fraction of sp³-hybridized carbons (Fsp3) is 0.316. The van der Waals surface area contributed by atoms with E-state index in [9.17, 15) is 0 Å². The van der Waals surface area contributed by atoms with Crippen LogP contribution >= 0.6 is 15.9 Å². The molecule has 122 valence electrons. The minimum Gasteiger partial charge on any atom is -0.488 e. The Morgan fingerprint density at radius 1 is 1.13 bits per heavy atom. The monoisotopic (exact) mass is 374 g/mol. The molecule has 0 radical (unpaired) electrons. The van der Waals surface area contributed by atoms with Crippen molar-refractivity contribution in [3.63, 3.8) is 0 Å². The molecule has 0 aliphatic heterocycles. The minimum atomic E-state index is 0.169. The van der Waals surface area contributed by atoms with E-state index >= 15 is 0 Å². The average Bonchev–Trinajstić information content (AvgIpc) is 2.51. The summed E-state index contributed by atoms with van der Waals surface area (Å²) >= 11 is 3.47. The van der Waals surface area contributed by atoms with Gasteiger partial charge in [0, 0.05) is 17.1 Å². The van der Waals surface area contributed by atoms with E-state index in [4.69, 9.17) is 4.74 Å². The molecule has 23 heavy (non-hydrogen) atoms. The molecule has 2 aromatic rings. The zero-order chi connectivity index (χ0) is 16.9. The summed E-state index contributed by atoms with van der Waals surface area (Å²) in [6.07, 6.45) is 1.75. The fourth-order valence-electron chi connectivity index (χ4n) is 2.15. The molecule has 0 spiro atoms. The largest absolute Gasteiger partial charge is 0.488 e. The van der Waals surface area contributed by atoms with Crippen LogP contribution in [0.4, 0.5) is 0 Å². The third-order valence-corrected chi connectivity index (χ3v) is 4.01. The van der Waals surface area contributed by atoms with Crippen molar-refractivity contribution < 1.29 is 4.74 Å². The van der Waals surface area contributed by atoms with E-state index < -0.39 is 0 Å². The maximum atomic E-state index is 5.96. The van der Waals surface area contributed by atoms with Crippen molar-refractivity contribution in [2.75, 3.05) is 7.05 Å². The second-order valence-corrected chi connectivity index (χ2v) is 7.32. The molecule has 0 aromatic heterocycles. The van der Waals surface area contributed by atoms with Gasteiger partial charge < -0.3 is 10.2 Å². The normalized spacial score (nSPS) is 11.7. The van der Waals surface area contributed by atoms with Crippen LogP contribution in [0.1, 0.15) is 37.5 Å². The lowest BCUT2D eigenvalue weighted by Gasteiger charge is -2.19. The number of nitrogens with zero attached hydrogens (tertiary/aromatic N) is 1. The molecule has 0 saturated carbocycles. The Labute approximate surface area is 146 Å². The van der Waals surface area contributed by atoms with Gasteiger partial charge in [-0.3, -0.25) is 0 Å². The van der Waals surface area contributed by atoms with Gasteiger partial charge in [-0.2, -0.15) is 5.10 Å². The van der Waals surface area contributed by atoms with Crippen LogP contribution in [0.2, 0.25) is 0 Å². The van der Waals surface area contributed by atoms with Crippen molar-refractivity contribution in [3.8, 4) is 5.75 Å². The van der Waals surface area contributed by atoms with Crippen molar-refractivity contribution in [1.29, 1.82) is 0 Å². The van der Waals surface area contributed by atoms with E-state index in [1.54, 1.807) is 13.3 Å². The molecule has 0 aliphatic rings. The molecule has 0 bridgehead atoms. The average molecular weight is 375 g/mol.